The van der Waals surface area contributed by atoms with Crippen molar-refractivity contribution >= 4 is 5.91 Å². The maximum Gasteiger partial charge on any atom is 0.224 e. The molecule has 1 aliphatic heterocycles. The molecule has 0 bridgehead atoms. The summed E-state index contributed by atoms with van der Waals surface area (Å²) in [5.74, 6) is 0.0457. The van der Waals surface area contributed by atoms with Gasteiger partial charge in [0.15, 0.2) is 0 Å². The maximum atomic E-state index is 12.2. The standard InChI is InChI=1S/C14H26N2O3/c1-16(11-14(18)6-8-19-9-7-14)12(17)10-13(15)4-2-3-5-13/h18H,2-11,15H2,1H3. The van der Waals surface area contributed by atoms with Crippen molar-refractivity contribution in [2.75, 3.05) is 26.8 Å². The van der Waals surface area contributed by atoms with Gasteiger partial charge in [-0.1, -0.05) is 12.8 Å². The molecule has 1 heterocycles. The van der Waals surface area contributed by atoms with Gasteiger partial charge in [-0.05, 0) is 12.8 Å². The largest absolute Gasteiger partial charge is 0.388 e. The lowest BCUT2D eigenvalue weighted by Gasteiger charge is -2.36. The van der Waals surface area contributed by atoms with E-state index in [-0.39, 0.29) is 11.4 Å². The van der Waals surface area contributed by atoms with E-state index >= 15 is 0 Å². The van der Waals surface area contributed by atoms with Crippen LogP contribution in [-0.2, 0) is 9.53 Å². The predicted octanol–water partition coefficient (Wildman–Crippen LogP) is 0.648. The minimum atomic E-state index is -0.792. The van der Waals surface area contributed by atoms with Crippen molar-refractivity contribution in [3.8, 4) is 0 Å². The van der Waals surface area contributed by atoms with E-state index in [9.17, 15) is 9.90 Å². The van der Waals surface area contributed by atoms with E-state index in [2.05, 4.69) is 0 Å². The molecule has 1 amide bonds. The molecule has 1 aliphatic carbocycles. The molecule has 2 aliphatic rings. The highest BCUT2D eigenvalue weighted by Gasteiger charge is 2.36. The Morgan fingerprint density at radius 1 is 1.26 bits per heavy atom. The Morgan fingerprint density at radius 3 is 2.42 bits per heavy atom. The number of carbonyl (C=O) groups is 1. The highest BCUT2D eigenvalue weighted by Crippen LogP contribution is 2.31. The molecule has 0 aromatic heterocycles. The van der Waals surface area contributed by atoms with Crippen molar-refractivity contribution in [2.24, 2.45) is 5.73 Å². The zero-order chi connectivity index (χ0) is 13.9. The average molecular weight is 270 g/mol. The normalized spacial score (nSPS) is 25.2. The third-order valence-electron chi connectivity index (χ3n) is 4.48. The number of ether oxygens (including phenoxy) is 1. The van der Waals surface area contributed by atoms with Gasteiger partial charge < -0.3 is 20.5 Å². The fourth-order valence-electron chi connectivity index (χ4n) is 3.13. The second kappa shape index (κ2) is 5.77. The molecular weight excluding hydrogens is 244 g/mol. The van der Waals surface area contributed by atoms with Gasteiger partial charge in [0.2, 0.25) is 5.91 Å². The minimum absolute atomic E-state index is 0.0457. The number of hydrogen-bond acceptors (Lipinski definition) is 4. The number of aliphatic hydroxyl groups is 1. The second-order valence-corrected chi connectivity index (χ2v) is 6.33. The molecule has 0 unspecified atom stereocenters. The SMILES string of the molecule is CN(CC1(O)CCOCC1)C(=O)CC1(N)CCCC1. The van der Waals surface area contributed by atoms with Crippen LogP contribution in [0, 0.1) is 0 Å². The van der Waals surface area contributed by atoms with Gasteiger partial charge in [0.05, 0.1) is 5.60 Å². The van der Waals surface area contributed by atoms with Crippen LogP contribution < -0.4 is 5.73 Å². The summed E-state index contributed by atoms with van der Waals surface area (Å²) in [6.07, 6.45) is 5.70. The number of nitrogens with two attached hydrogens (primary N) is 1. The molecule has 2 rings (SSSR count). The lowest BCUT2D eigenvalue weighted by atomic mass is 9.92. The monoisotopic (exact) mass is 270 g/mol. The Hall–Kier alpha value is -0.650. The summed E-state index contributed by atoms with van der Waals surface area (Å²) in [4.78, 5) is 13.9. The first kappa shape index (κ1) is 14.8. The summed E-state index contributed by atoms with van der Waals surface area (Å²) in [7, 11) is 1.76. The average Bonchev–Trinajstić information content (AvgIpc) is 2.76. The van der Waals surface area contributed by atoms with Gasteiger partial charge in [-0.25, -0.2) is 0 Å². The van der Waals surface area contributed by atoms with Crippen LogP contribution in [-0.4, -0.2) is 53.9 Å². The van der Waals surface area contributed by atoms with Gasteiger partial charge in [0.25, 0.3) is 0 Å². The topological polar surface area (TPSA) is 75.8 Å². The van der Waals surface area contributed by atoms with Crippen LogP contribution in [0.1, 0.15) is 44.9 Å². The van der Waals surface area contributed by atoms with Crippen molar-refractivity contribution in [1.29, 1.82) is 0 Å². The van der Waals surface area contributed by atoms with Crippen LogP contribution in [0.4, 0.5) is 0 Å². The Balaban J connectivity index is 1.84. The van der Waals surface area contributed by atoms with E-state index in [0.717, 1.165) is 25.7 Å². The number of rotatable bonds is 4. The first-order valence-corrected chi connectivity index (χ1v) is 7.26. The van der Waals surface area contributed by atoms with Crippen LogP contribution >= 0.6 is 0 Å². The molecule has 1 saturated carbocycles. The predicted molar refractivity (Wildman–Crippen MR) is 72.6 cm³/mol. The van der Waals surface area contributed by atoms with E-state index in [1.54, 1.807) is 11.9 Å². The van der Waals surface area contributed by atoms with Crippen LogP contribution in [0.15, 0.2) is 0 Å². The van der Waals surface area contributed by atoms with E-state index in [1.807, 2.05) is 0 Å². The van der Waals surface area contributed by atoms with E-state index in [4.69, 9.17) is 10.5 Å². The second-order valence-electron chi connectivity index (χ2n) is 6.33. The van der Waals surface area contributed by atoms with E-state index in [0.29, 0.717) is 39.0 Å². The molecule has 2 fully saturated rings. The van der Waals surface area contributed by atoms with Crippen molar-refractivity contribution in [1.82, 2.24) is 4.90 Å². The Kier molecular flexibility index (Phi) is 4.48. The summed E-state index contributed by atoms with van der Waals surface area (Å²) in [6.45, 7) is 1.52. The molecule has 0 spiro atoms. The number of amides is 1. The van der Waals surface area contributed by atoms with Crippen LogP contribution in [0.2, 0.25) is 0 Å². The van der Waals surface area contributed by atoms with Crippen molar-refractivity contribution < 1.29 is 14.6 Å². The number of carbonyl (C=O) groups excluding carboxylic acids is 1. The van der Waals surface area contributed by atoms with Gasteiger partial charge >= 0.3 is 0 Å². The molecule has 1 saturated heterocycles. The summed E-state index contributed by atoms with van der Waals surface area (Å²) in [5, 5.41) is 10.4. The third kappa shape index (κ3) is 3.91. The quantitative estimate of drug-likeness (QED) is 0.786. The van der Waals surface area contributed by atoms with Gasteiger partial charge in [-0.2, -0.15) is 0 Å². The lowest BCUT2D eigenvalue weighted by molar-refractivity contribution is -0.138. The van der Waals surface area contributed by atoms with Gasteiger partial charge in [-0.15, -0.1) is 0 Å². The van der Waals surface area contributed by atoms with Crippen molar-refractivity contribution in [3.63, 3.8) is 0 Å². The number of hydrogen-bond donors (Lipinski definition) is 2. The first-order chi connectivity index (χ1) is 8.93. The molecule has 0 aromatic carbocycles. The Labute approximate surface area is 115 Å². The van der Waals surface area contributed by atoms with Crippen molar-refractivity contribution in [2.45, 2.75) is 56.1 Å². The smallest absolute Gasteiger partial charge is 0.224 e. The zero-order valence-corrected chi connectivity index (χ0v) is 11.9. The van der Waals surface area contributed by atoms with Gasteiger partial charge in [0, 0.05) is 51.6 Å². The summed E-state index contributed by atoms with van der Waals surface area (Å²) >= 11 is 0. The first-order valence-electron chi connectivity index (χ1n) is 7.26. The lowest BCUT2D eigenvalue weighted by Crippen LogP contribution is -2.49. The third-order valence-corrected chi connectivity index (χ3v) is 4.48. The minimum Gasteiger partial charge on any atom is -0.388 e. The number of likely N-dealkylation sites (N-methyl/N-ethyl adjacent to an activating group) is 1. The highest BCUT2D eigenvalue weighted by molar-refractivity contribution is 5.77. The maximum absolute atomic E-state index is 12.2. The van der Waals surface area contributed by atoms with E-state index < -0.39 is 5.60 Å². The molecule has 0 atom stereocenters. The fraction of sp³-hybridized carbons (Fsp3) is 0.929. The van der Waals surface area contributed by atoms with Gasteiger partial charge in [-0.3, -0.25) is 4.79 Å². The van der Waals surface area contributed by atoms with E-state index in [1.165, 1.54) is 0 Å². The van der Waals surface area contributed by atoms with Gasteiger partial charge in [0.1, 0.15) is 0 Å². The molecular formula is C14H26N2O3. The summed E-state index contributed by atoms with van der Waals surface area (Å²) < 4.78 is 5.25. The Bertz CT molecular complexity index is 321. The Morgan fingerprint density at radius 2 is 1.84 bits per heavy atom. The molecule has 5 heteroatoms. The van der Waals surface area contributed by atoms with Crippen molar-refractivity contribution in [3.05, 3.63) is 0 Å². The molecule has 110 valence electrons. The summed E-state index contributed by atoms with van der Waals surface area (Å²) in [6, 6.07) is 0. The van der Waals surface area contributed by atoms with Crippen LogP contribution in [0.25, 0.3) is 0 Å². The van der Waals surface area contributed by atoms with Crippen LogP contribution in [0.3, 0.4) is 0 Å². The molecule has 0 aromatic rings. The zero-order valence-electron chi connectivity index (χ0n) is 11.9. The fourth-order valence-corrected chi connectivity index (χ4v) is 3.13. The van der Waals surface area contributed by atoms with Crippen LogP contribution in [0.5, 0.6) is 0 Å². The highest BCUT2D eigenvalue weighted by atomic mass is 16.5. The molecule has 0 radical (unpaired) electrons. The molecule has 5 nitrogen and oxygen atoms in total. The molecule has 3 N–H and O–H groups in total. The molecule has 19 heavy (non-hydrogen) atoms. The summed E-state index contributed by atoms with van der Waals surface area (Å²) in [5.41, 5.74) is 5.13. The number of nitrogens with zero attached hydrogens (tertiary/aromatic N) is 1.